The summed E-state index contributed by atoms with van der Waals surface area (Å²) < 4.78 is 25.3. The molecular formula is C16H14BrN3O2S2. The molecule has 1 aliphatic rings. The number of anilines is 1. The largest absolute Gasteiger partial charge is 0.365 e. The van der Waals surface area contributed by atoms with Gasteiger partial charge in [0.2, 0.25) is 0 Å². The fourth-order valence-electron chi connectivity index (χ4n) is 2.82. The summed E-state index contributed by atoms with van der Waals surface area (Å²) in [6.45, 7) is 0. The average molecular weight is 424 g/mol. The summed E-state index contributed by atoms with van der Waals surface area (Å²) in [5, 5.41) is 3.29. The zero-order valence-corrected chi connectivity index (χ0v) is 15.8. The summed E-state index contributed by atoms with van der Waals surface area (Å²) in [5.74, 6) is 1.13. The minimum absolute atomic E-state index is 0.0775. The van der Waals surface area contributed by atoms with Crippen LogP contribution >= 0.6 is 27.3 Å². The number of thiophene rings is 1. The highest BCUT2D eigenvalue weighted by molar-refractivity contribution is 9.10. The van der Waals surface area contributed by atoms with Crippen LogP contribution in [0.4, 0.5) is 5.82 Å². The lowest BCUT2D eigenvalue weighted by atomic mass is 10.2. The third-order valence-corrected chi connectivity index (χ3v) is 7.49. The molecule has 1 atom stereocenters. The van der Waals surface area contributed by atoms with Gasteiger partial charge in [0.1, 0.15) is 12.1 Å². The highest BCUT2D eigenvalue weighted by Crippen LogP contribution is 2.36. The quantitative estimate of drug-likeness (QED) is 0.694. The number of nitrogens with one attached hydrogen (secondary N) is 1. The third kappa shape index (κ3) is 3.18. The lowest BCUT2D eigenvalue weighted by Gasteiger charge is -2.11. The van der Waals surface area contributed by atoms with Crippen LogP contribution in [0.2, 0.25) is 0 Å². The SMILES string of the molecule is O=S1(=O)CCC(Nc2ncnc3cc(-c4ccc(Br)cc4)sc23)C1. The van der Waals surface area contributed by atoms with Crippen LogP contribution in [0, 0.1) is 0 Å². The molecule has 4 rings (SSSR count). The highest BCUT2D eigenvalue weighted by atomic mass is 79.9. The molecular weight excluding hydrogens is 410 g/mol. The molecule has 0 saturated carbocycles. The Morgan fingerprint density at radius 1 is 1.21 bits per heavy atom. The molecule has 3 aromatic rings. The Morgan fingerprint density at radius 3 is 2.71 bits per heavy atom. The molecule has 1 fully saturated rings. The second kappa shape index (κ2) is 6.09. The first-order valence-corrected chi connectivity index (χ1v) is 10.9. The van der Waals surface area contributed by atoms with Crippen molar-refractivity contribution in [3.63, 3.8) is 0 Å². The van der Waals surface area contributed by atoms with Crippen molar-refractivity contribution in [2.24, 2.45) is 0 Å². The van der Waals surface area contributed by atoms with Gasteiger partial charge in [-0.2, -0.15) is 0 Å². The zero-order chi connectivity index (χ0) is 16.7. The van der Waals surface area contributed by atoms with Crippen LogP contribution < -0.4 is 5.32 Å². The summed E-state index contributed by atoms with van der Waals surface area (Å²) >= 11 is 5.06. The van der Waals surface area contributed by atoms with Crippen LogP contribution in [0.25, 0.3) is 20.7 Å². The monoisotopic (exact) mass is 423 g/mol. The Morgan fingerprint density at radius 2 is 2.00 bits per heavy atom. The van der Waals surface area contributed by atoms with Gasteiger partial charge in [-0.25, -0.2) is 18.4 Å². The number of nitrogens with zero attached hydrogens (tertiary/aromatic N) is 2. The number of halogens is 1. The molecule has 24 heavy (non-hydrogen) atoms. The Bertz CT molecular complexity index is 1000. The van der Waals surface area contributed by atoms with Gasteiger partial charge in [0.25, 0.3) is 0 Å². The van der Waals surface area contributed by atoms with Crippen LogP contribution in [0.1, 0.15) is 6.42 Å². The van der Waals surface area contributed by atoms with Gasteiger partial charge in [-0.15, -0.1) is 11.3 Å². The lowest BCUT2D eigenvalue weighted by molar-refractivity contribution is 0.602. The number of hydrogen-bond acceptors (Lipinski definition) is 6. The average Bonchev–Trinajstić information content (AvgIpc) is 3.12. The zero-order valence-electron chi connectivity index (χ0n) is 12.6. The first-order valence-electron chi connectivity index (χ1n) is 7.48. The Balaban J connectivity index is 1.68. The number of sulfone groups is 1. The van der Waals surface area contributed by atoms with Crippen LogP contribution in [-0.2, 0) is 9.84 Å². The maximum absolute atomic E-state index is 11.6. The van der Waals surface area contributed by atoms with Crippen LogP contribution in [0.5, 0.6) is 0 Å². The van der Waals surface area contributed by atoms with E-state index in [1.165, 1.54) is 6.33 Å². The van der Waals surface area contributed by atoms with E-state index in [0.717, 1.165) is 30.9 Å². The molecule has 0 radical (unpaired) electrons. The van der Waals surface area contributed by atoms with Crippen LogP contribution in [-0.4, -0.2) is 35.9 Å². The van der Waals surface area contributed by atoms with Crippen LogP contribution in [0.15, 0.2) is 41.1 Å². The fraction of sp³-hybridized carbons (Fsp3) is 0.250. The Hall–Kier alpha value is -1.51. The summed E-state index contributed by atoms with van der Waals surface area (Å²) in [5.41, 5.74) is 1.99. The predicted molar refractivity (Wildman–Crippen MR) is 101 cm³/mol. The van der Waals surface area contributed by atoms with E-state index >= 15 is 0 Å². The van der Waals surface area contributed by atoms with E-state index in [2.05, 4.69) is 43.3 Å². The van der Waals surface area contributed by atoms with E-state index in [0.29, 0.717) is 6.42 Å². The molecule has 0 aliphatic carbocycles. The normalized spacial score (nSPS) is 19.6. The number of hydrogen-bond donors (Lipinski definition) is 1. The molecule has 0 spiro atoms. The lowest BCUT2D eigenvalue weighted by Crippen LogP contribution is -2.21. The topological polar surface area (TPSA) is 72.0 Å². The van der Waals surface area contributed by atoms with E-state index in [4.69, 9.17) is 0 Å². The molecule has 3 heterocycles. The second-order valence-electron chi connectivity index (χ2n) is 5.80. The number of aromatic nitrogens is 2. The van der Waals surface area contributed by atoms with E-state index in [1.54, 1.807) is 11.3 Å². The van der Waals surface area contributed by atoms with E-state index < -0.39 is 9.84 Å². The van der Waals surface area contributed by atoms with E-state index in [-0.39, 0.29) is 17.5 Å². The van der Waals surface area contributed by atoms with Gasteiger partial charge in [0.05, 0.1) is 21.7 Å². The van der Waals surface area contributed by atoms with Gasteiger partial charge in [-0.3, -0.25) is 0 Å². The second-order valence-corrected chi connectivity index (χ2v) is 10.00. The minimum atomic E-state index is -2.92. The van der Waals surface area contributed by atoms with Gasteiger partial charge in [-0.1, -0.05) is 28.1 Å². The van der Waals surface area contributed by atoms with E-state index in [1.807, 2.05) is 18.2 Å². The van der Waals surface area contributed by atoms with Gasteiger partial charge < -0.3 is 5.32 Å². The standard InChI is InChI=1S/C16H14BrN3O2S2/c17-11-3-1-10(2-4-11)14-7-13-15(23-14)16(19-9-18-13)20-12-5-6-24(21,22)8-12/h1-4,7,9,12H,5-6,8H2,(H,18,19,20). The Labute approximate surface area is 152 Å². The molecule has 8 heteroatoms. The predicted octanol–water partition coefficient (Wildman–Crippen LogP) is 3.72. The molecule has 1 saturated heterocycles. The molecule has 2 aromatic heterocycles. The molecule has 0 bridgehead atoms. The third-order valence-electron chi connectivity index (χ3n) is 4.01. The molecule has 1 unspecified atom stereocenters. The summed E-state index contributed by atoms with van der Waals surface area (Å²) in [4.78, 5) is 9.78. The van der Waals surface area contributed by atoms with Crippen molar-refractivity contribution in [1.82, 2.24) is 9.97 Å². The van der Waals surface area contributed by atoms with Gasteiger partial charge in [-0.05, 0) is 30.2 Å². The van der Waals surface area contributed by atoms with Gasteiger partial charge in [0.15, 0.2) is 9.84 Å². The van der Waals surface area contributed by atoms with Crippen molar-refractivity contribution in [2.45, 2.75) is 12.5 Å². The van der Waals surface area contributed by atoms with Crippen LogP contribution in [0.3, 0.4) is 0 Å². The fourth-order valence-corrected chi connectivity index (χ4v) is 5.82. The number of fused-ring (bicyclic) bond motifs is 1. The van der Waals surface area contributed by atoms with Crippen molar-refractivity contribution >= 4 is 53.1 Å². The van der Waals surface area contributed by atoms with Gasteiger partial charge in [0, 0.05) is 15.4 Å². The first-order chi connectivity index (χ1) is 11.5. The van der Waals surface area contributed by atoms with Crippen molar-refractivity contribution in [3.05, 3.63) is 41.1 Å². The number of benzene rings is 1. The molecule has 5 nitrogen and oxygen atoms in total. The van der Waals surface area contributed by atoms with Gasteiger partial charge >= 0.3 is 0 Å². The minimum Gasteiger partial charge on any atom is -0.365 e. The van der Waals surface area contributed by atoms with Crippen molar-refractivity contribution < 1.29 is 8.42 Å². The van der Waals surface area contributed by atoms with Crippen molar-refractivity contribution in [3.8, 4) is 10.4 Å². The highest BCUT2D eigenvalue weighted by Gasteiger charge is 2.28. The molecule has 124 valence electrons. The maximum Gasteiger partial charge on any atom is 0.152 e. The molecule has 1 aliphatic heterocycles. The van der Waals surface area contributed by atoms with Crippen molar-refractivity contribution in [2.75, 3.05) is 16.8 Å². The molecule has 0 amide bonds. The summed E-state index contributed by atoms with van der Waals surface area (Å²) in [6, 6.07) is 10.1. The Kier molecular flexibility index (Phi) is 4.06. The molecule has 1 aromatic carbocycles. The molecule has 1 N–H and O–H groups in total. The first kappa shape index (κ1) is 16.0. The smallest absolute Gasteiger partial charge is 0.152 e. The van der Waals surface area contributed by atoms with Crippen molar-refractivity contribution in [1.29, 1.82) is 0 Å². The number of rotatable bonds is 3. The van der Waals surface area contributed by atoms with E-state index in [9.17, 15) is 8.42 Å². The maximum atomic E-state index is 11.6. The summed E-state index contributed by atoms with van der Waals surface area (Å²) in [7, 11) is -2.92. The summed E-state index contributed by atoms with van der Waals surface area (Å²) in [6.07, 6.45) is 2.14.